The summed E-state index contributed by atoms with van der Waals surface area (Å²) < 4.78 is 42.1. The topological polar surface area (TPSA) is 117 Å². The van der Waals surface area contributed by atoms with Crippen molar-refractivity contribution in [1.29, 1.82) is 0 Å². The number of hydrogen-bond acceptors (Lipinski definition) is 8. The van der Waals surface area contributed by atoms with E-state index in [9.17, 15) is 22.8 Å². The number of fused-ring (bicyclic) bond motifs is 1. The first-order valence-corrected chi connectivity index (χ1v) is 9.36. The first kappa shape index (κ1) is 20.1. The van der Waals surface area contributed by atoms with E-state index in [4.69, 9.17) is 11.6 Å². The summed E-state index contributed by atoms with van der Waals surface area (Å²) in [5.74, 6) is -0.820. The first-order valence-electron chi connectivity index (χ1n) is 8.98. The van der Waals surface area contributed by atoms with E-state index in [2.05, 4.69) is 30.9 Å². The second-order valence-corrected chi connectivity index (χ2v) is 7.06. The van der Waals surface area contributed by atoms with Crippen molar-refractivity contribution in [2.24, 2.45) is 5.10 Å². The molecule has 2 N–H and O–H groups in total. The zero-order chi connectivity index (χ0) is 22.6. The summed E-state index contributed by atoms with van der Waals surface area (Å²) in [6, 6.07) is 2.56. The van der Waals surface area contributed by atoms with E-state index >= 15 is 0 Å². The summed E-state index contributed by atoms with van der Waals surface area (Å²) in [4.78, 5) is 32.3. The summed E-state index contributed by atoms with van der Waals surface area (Å²) in [6.07, 6.45) is -0.131. The zero-order valence-electron chi connectivity index (χ0n) is 15.7. The molecule has 0 atom stereocenters. The lowest BCUT2D eigenvalue weighted by atomic mass is 10.2. The molecule has 5 rings (SSSR count). The standard InChI is InChI=1S/C18H10ClF3N8O2/c19-10-5-8(6-24-16(10)30-25-3-4-26-30)28-17(32)9-7-27-29(15(9)18(20,21)22)11-1-2-23-13-12(11)14(13)31/h1-3,5-7,26H,4H2,(H,28,32). The van der Waals surface area contributed by atoms with Crippen LogP contribution in [0.2, 0.25) is 5.02 Å². The molecule has 10 nitrogen and oxygen atoms in total. The molecule has 162 valence electrons. The molecular weight excluding hydrogens is 453 g/mol. The van der Waals surface area contributed by atoms with E-state index in [0.717, 1.165) is 6.20 Å². The van der Waals surface area contributed by atoms with Gasteiger partial charge in [0.05, 0.1) is 46.3 Å². The number of hydrazine groups is 1. The second-order valence-electron chi connectivity index (χ2n) is 6.65. The minimum atomic E-state index is -4.93. The number of aromatic nitrogens is 4. The Morgan fingerprint density at radius 3 is 2.75 bits per heavy atom. The van der Waals surface area contributed by atoms with Crippen molar-refractivity contribution in [3.05, 3.63) is 57.2 Å². The quantitative estimate of drug-likeness (QED) is 0.478. The average molecular weight is 463 g/mol. The number of nitrogens with zero attached hydrogens (tertiary/aromatic N) is 6. The second kappa shape index (κ2) is 7.10. The molecule has 32 heavy (non-hydrogen) atoms. The molecule has 0 radical (unpaired) electrons. The number of carbonyl (C=O) groups is 1. The summed E-state index contributed by atoms with van der Waals surface area (Å²) >= 11 is 6.16. The van der Waals surface area contributed by atoms with Gasteiger partial charge in [-0.1, -0.05) is 11.6 Å². The molecule has 0 fully saturated rings. The lowest BCUT2D eigenvalue weighted by Gasteiger charge is -2.15. The molecule has 0 spiro atoms. The Balaban J connectivity index is 1.48. The molecule has 1 amide bonds. The van der Waals surface area contributed by atoms with Gasteiger partial charge in [0.15, 0.2) is 11.5 Å². The third kappa shape index (κ3) is 3.27. The summed E-state index contributed by atoms with van der Waals surface area (Å²) in [5.41, 5.74) is 0.396. The molecule has 0 bridgehead atoms. The smallest absolute Gasteiger partial charge is 0.320 e. The number of carbonyl (C=O) groups excluding carboxylic acids is 1. The molecule has 3 aromatic heterocycles. The van der Waals surface area contributed by atoms with Crippen LogP contribution in [0.15, 0.2) is 40.6 Å². The van der Waals surface area contributed by atoms with Gasteiger partial charge in [0.2, 0.25) is 5.43 Å². The molecule has 14 heteroatoms. The number of rotatable bonds is 4. The predicted molar refractivity (Wildman–Crippen MR) is 109 cm³/mol. The molecule has 1 aliphatic rings. The van der Waals surface area contributed by atoms with Crippen LogP contribution in [0, 0.1) is 0 Å². The zero-order valence-corrected chi connectivity index (χ0v) is 16.4. The highest BCUT2D eigenvalue weighted by Crippen LogP contribution is 2.35. The first-order chi connectivity index (χ1) is 15.3. The Hall–Kier alpha value is -3.84. The monoisotopic (exact) mass is 462 g/mol. The maximum atomic E-state index is 13.9. The van der Waals surface area contributed by atoms with Gasteiger partial charge < -0.3 is 5.32 Å². The highest BCUT2D eigenvalue weighted by molar-refractivity contribution is 6.33. The fraction of sp³-hybridized carbons (Fsp3) is 0.111. The van der Waals surface area contributed by atoms with Crippen molar-refractivity contribution in [3.8, 4) is 5.69 Å². The minimum Gasteiger partial charge on any atom is -0.320 e. The molecule has 0 aliphatic carbocycles. The molecular formula is C18H10ClF3N8O2. The summed E-state index contributed by atoms with van der Waals surface area (Å²) in [5, 5.41) is 11.5. The summed E-state index contributed by atoms with van der Waals surface area (Å²) in [7, 11) is 0. The number of nitrogens with one attached hydrogen (secondary N) is 2. The van der Waals surface area contributed by atoms with Gasteiger partial charge in [-0.25, -0.2) is 15.1 Å². The number of pyridine rings is 2. The van der Waals surface area contributed by atoms with Crippen molar-refractivity contribution in [2.75, 3.05) is 17.0 Å². The molecule has 0 unspecified atom stereocenters. The van der Waals surface area contributed by atoms with Gasteiger partial charge in [-0.05, 0) is 12.1 Å². The van der Waals surface area contributed by atoms with Crippen LogP contribution in [-0.2, 0) is 6.18 Å². The maximum Gasteiger partial charge on any atom is 0.434 e. The Morgan fingerprint density at radius 2 is 2.06 bits per heavy atom. The van der Waals surface area contributed by atoms with E-state index in [1.807, 2.05) is 0 Å². The maximum absolute atomic E-state index is 13.9. The van der Waals surface area contributed by atoms with Crippen LogP contribution in [-0.4, -0.2) is 38.4 Å². The fourth-order valence-electron chi connectivity index (χ4n) is 3.21. The van der Waals surface area contributed by atoms with Gasteiger partial charge in [-0.3, -0.25) is 14.6 Å². The van der Waals surface area contributed by atoms with Crippen molar-refractivity contribution in [3.63, 3.8) is 0 Å². The lowest BCUT2D eigenvalue weighted by molar-refractivity contribution is -0.143. The van der Waals surface area contributed by atoms with Crippen LogP contribution < -0.4 is 21.3 Å². The third-order valence-electron chi connectivity index (χ3n) is 4.63. The Labute approximate surface area is 181 Å². The van der Waals surface area contributed by atoms with Crippen molar-refractivity contribution in [2.45, 2.75) is 6.18 Å². The van der Waals surface area contributed by atoms with Crippen LogP contribution in [0.1, 0.15) is 16.1 Å². The summed E-state index contributed by atoms with van der Waals surface area (Å²) in [6.45, 7) is 0.479. The number of alkyl halides is 3. The van der Waals surface area contributed by atoms with Gasteiger partial charge in [0.1, 0.15) is 5.52 Å². The van der Waals surface area contributed by atoms with E-state index in [-0.39, 0.29) is 33.1 Å². The molecule has 1 aliphatic heterocycles. The number of hydrazone groups is 1. The fourth-order valence-corrected chi connectivity index (χ4v) is 3.45. The van der Waals surface area contributed by atoms with Crippen molar-refractivity contribution < 1.29 is 18.0 Å². The Bertz CT molecular complexity index is 1420. The van der Waals surface area contributed by atoms with E-state index in [0.29, 0.717) is 11.2 Å². The molecule has 0 saturated carbocycles. The molecule has 4 heterocycles. The van der Waals surface area contributed by atoms with Crippen LogP contribution in [0.4, 0.5) is 24.7 Å². The molecule has 0 saturated heterocycles. The largest absolute Gasteiger partial charge is 0.434 e. The Kier molecular flexibility index (Phi) is 4.46. The number of anilines is 2. The highest BCUT2D eigenvalue weighted by Gasteiger charge is 2.41. The number of halogens is 4. The Morgan fingerprint density at radius 1 is 1.25 bits per heavy atom. The minimum absolute atomic E-state index is 0.0396. The van der Waals surface area contributed by atoms with Crippen LogP contribution >= 0.6 is 11.6 Å². The lowest BCUT2D eigenvalue weighted by Crippen LogP contribution is -2.29. The normalized spacial score (nSPS) is 14.1. The number of amides is 1. The van der Waals surface area contributed by atoms with Crippen LogP contribution in [0.3, 0.4) is 0 Å². The van der Waals surface area contributed by atoms with E-state index in [1.54, 1.807) is 6.21 Å². The van der Waals surface area contributed by atoms with E-state index < -0.39 is 28.8 Å². The molecule has 4 aromatic rings. The van der Waals surface area contributed by atoms with Crippen LogP contribution in [0.25, 0.3) is 16.6 Å². The van der Waals surface area contributed by atoms with E-state index in [1.165, 1.54) is 29.6 Å². The molecule has 1 aromatic carbocycles. The SMILES string of the molecule is O=C(Nc1cnc(N2N=CCN2)c(Cl)c1)c1cnn(-c2ccnc3c(=O)c23)c1C(F)(F)F. The average Bonchev–Trinajstić information content (AvgIpc) is 3.15. The van der Waals surface area contributed by atoms with Crippen molar-refractivity contribution >= 4 is 46.1 Å². The van der Waals surface area contributed by atoms with Gasteiger partial charge >= 0.3 is 6.18 Å². The van der Waals surface area contributed by atoms with Gasteiger partial charge in [0.25, 0.3) is 5.91 Å². The van der Waals surface area contributed by atoms with Gasteiger partial charge in [-0.2, -0.15) is 28.5 Å². The van der Waals surface area contributed by atoms with Crippen molar-refractivity contribution in [1.82, 2.24) is 25.2 Å². The predicted octanol–water partition coefficient (Wildman–Crippen LogP) is 2.29. The van der Waals surface area contributed by atoms with Crippen LogP contribution in [0.5, 0.6) is 0 Å². The van der Waals surface area contributed by atoms with Gasteiger partial charge in [0, 0.05) is 12.4 Å². The number of hydrogen-bond donors (Lipinski definition) is 2. The van der Waals surface area contributed by atoms with Gasteiger partial charge in [-0.15, -0.1) is 0 Å². The third-order valence-corrected chi connectivity index (χ3v) is 4.91. The highest BCUT2D eigenvalue weighted by atomic mass is 35.5.